The van der Waals surface area contributed by atoms with Crippen molar-refractivity contribution in [3.8, 4) is 17.0 Å². The van der Waals surface area contributed by atoms with E-state index in [0.717, 1.165) is 16.8 Å². The standard InChI is InChI=1S/C11H7Cl2F3N2OS/c1-18-10(20-11(15)16)8(13)9(17-18)4-2-7(19)5(12)3-6(4)14/h2-3,11,19H,1H3. The third kappa shape index (κ3) is 2.84. The molecule has 0 aliphatic heterocycles. The highest BCUT2D eigenvalue weighted by Gasteiger charge is 2.22. The molecule has 3 nitrogen and oxygen atoms in total. The number of alkyl halides is 2. The molecule has 0 aliphatic carbocycles. The molecule has 0 unspecified atom stereocenters. The second-order valence-corrected chi connectivity index (χ2v) is 5.52. The summed E-state index contributed by atoms with van der Waals surface area (Å²) in [5.74, 6) is -3.80. The van der Waals surface area contributed by atoms with Crippen LogP contribution >= 0.6 is 35.0 Å². The lowest BCUT2D eigenvalue weighted by atomic mass is 10.1. The predicted molar refractivity (Wildman–Crippen MR) is 72.1 cm³/mol. The van der Waals surface area contributed by atoms with Crippen molar-refractivity contribution in [3.63, 3.8) is 0 Å². The van der Waals surface area contributed by atoms with E-state index in [9.17, 15) is 18.3 Å². The number of phenols is 1. The number of aryl methyl sites for hydroxylation is 1. The normalized spacial score (nSPS) is 11.3. The average Bonchev–Trinajstić information content (AvgIpc) is 2.61. The largest absolute Gasteiger partial charge is 0.506 e. The van der Waals surface area contributed by atoms with Gasteiger partial charge in [-0.3, -0.25) is 4.68 Å². The Morgan fingerprint density at radius 2 is 2.00 bits per heavy atom. The number of rotatable bonds is 3. The predicted octanol–water partition coefficient (Wildman–Crippen LogP) is 4.55. The van der Waals surface area contributed by atoms with E-state index in [1.54, 1.807) is 0 Å². The Kier molecular flexibility index (Phi) is 4.41. The molecule has 0 bridgehead atoms. The van der Waals surface area contributed by atoms with Gasteiger partial charge in [0.05, 0.1) is 5.02 Å². The maximum absolute atomic E-state index is 13.8. The van der Waals surface area contributed by atoms with E-state index in [2.05, 4.69) is 5.10 Å². The highest BCUT2D eigenvalue weighted by Crippen LogP contribution is 2.40. The van der Waals surface area contributed by atoms with Crippen LogP contribution in [0.5, 0.6) is 5.75 Å². The second kappa shape index (κ2) is 5.75. The first-order valence-corrected chi connectivity index (χ1v) is 6.80. The Morgan fingerprint density at radius 3 is 2.60 bits per heavy atom. The summed E-state index contributed by atoms with van der Waals surface area (Å²) in [6, 6.07) is 1.94. The van der Waals surface area contributed by atoms with Gasteiger partial charge in [0, 0.05) is 12.6 Å². The van der Waals surface area contributed by atoms with E-state index in [-0.39, 0.29) is 43.8 Å². The Morgan fingerprint density at radius 1 is 1.35 bits per heavy atom. The van der Waals surface area contributed by atoms with Crippen LogP contribution in [-0.4, -0.2) is 20.6 Å². The van der Waals surface area contributed by atoms with E-state index in [0.29, 0.717) is 0 Å². The summed E-state index contributed by atoms with van der Waals surface area (Å²) < 4.78 is 39.8. The summed E-state index contributed by atoms with van der Waals surface area (Å²) in [5.41, 5.74) is -0.157. The fourth-order valence-electron chi connectivity index (χ4n) is 1.59. The maximum Gasteiger partial charge on any atom is 0.290 e. The molecule has 9 heteroatoms. The van der Waals surface area contributed by atoms with E-state index in [4.69, 9.17) is 23.2 Å². The van der Waals surface area contributed by atoms with E-state index in [1.165, 1.54) is 7.05 Å². The number of phenolic OH excluding ortho intramolecular Hbond substituents is 1. The van der Waals surface area contributed by atoms with Crippen LogP contribution in [0.4, 0.5) is 13.2 Å². The van der Waals surface area contributed by atoms with Gasteiger partial charge in [0.25, 0.3) is 5.76 Å². The van der Waals surface area contributed by atoms with Crippen LogP contribution in [0.25, 0.3) is 11.3 Å². The zero-order valence-electron chi connectivity index (χ0n) is 9.87. The van der Waals surface area contributed by atoms with Crippen LogP contribution < -0.4 is 0 Å². The van der Waals surface area contributed by atoms with Gasteiger partial charge in [0.15, 0.2) is 0 Å². The molecule has 0 radical (unpaired) electrons. The minimum absolute atomic E-state index is 0.00510. The molecule has 0 spiro atoms. The molecule has 0 atom stereocenters. The number of halogens is 5. The monoisotopic (exact) mass is 342 g/mol. The van der Waals surface area contributed by atoms with Crippen molar-refractivity contribution in [1.82, 2.24) is 9.78 Å². The SMILES string of the molecule is Cn1nc(-c2cc(O)c(Cl)cc2F)c(Cl)c1SC(F)F. The number of hydrogen-bond acceptors (Lipinski definition) is 3. The lowest BCUT2D eigenvalue weighted by Gasteiger charge is -2.03. The van der Waals surface area contributed by atoms with Crippen molar-refractivity contribution in [2.75, 3.05) is 0 Å². The summed E-state index contributed by atoms with van der Waals surface area (Å²) in [4.78, 5) is 0. The summed E-state index contributed by atoms with van der Waals surface area (Å²) >= 11 is 11.7. The Hall–Kier alpha value is -1.05. The summed E-state index contributed by atoms with van der Waals surface area (Å²) in [6.45, 7) is 0. The number of thioether (sulfide) groups is 1. The zero-order valence-corrected chi connectivity index (χ0v) is 12.2. The first kappa shape index (κ1) is 15.3. The van der Waals surface area contributed by atoms with Crippen LogP contribution in [-0.2, 0) is 7.05 Å². The van der Waals surface area contributed by atoms with Gasteiger partial charge < -0.3 is 5.11 Å². The van der Waals surface area contributed by atoms with Gasteiger partial charge in [-0.1, -0.05) is 23.2 Å². The van der Waals surface area contributed by atoms with Gasteiger partial charge in [-0.15, -0.1) is 0 Å². The van der Waals surface area contributed by atoms with Gasteiger partial charge in [0.1, 0.15) is 27.3 Å². The Balaban J connectivity index is 2.57. The molecule has 108 valence electrons. The molecule has 0 saturated heterocycles. The Bertz CT molecular complexity index is 664. The van der Waals surface area contributed by atoms with Crippen LogP contribution in [0.3, 0.4) is 0 Å². The van der Waals surface area contributed by atoms with Gasteiger partial charge >= 0.3 is 0 Å². The molecule has 2 rings (SSSR count). The lowest BCUT2D eigenvalue weighted by molar-refractivity contribution is 0.251. The number of aromatic nitrogens is 2. The quantitative estimate of drug-likeness (QED) is 0.831. The van der Waals surface area contributed by atoms with Crippen LogP contribution in [0.15, 0.2) is 17.2 Å². The highest BCUT2D eigenvalue weighted by molar-refractivity contribution is 7.99. The fourth-order valence-corrected chi connectivity index (χ4v) is 2.69. The summed E-state index contributed by atoms with van der Waals surface area (Å²) in [5, 5.41) is 13.1. The first-order chi connectivity index (χ1) is 9.31. The summed E-state index contributed by atoms with van der Waals surface area (Å²) in [6.07, 6.45) is 0. The molecule has 1 aromatic heterocycles. The molecular formula is C11H7Cl2F3N2OS. The van der Waals surface area contributed by atoms with E-state index in [1.807, 2.05) is 0 Å². The molecule has 0 aliphatic rings. The molecule has 1 aromatic carbocycles. The third-order valence-corrected chi connectivity index (χ3v) is 4.07. The molecule has 0 amide bonds. The van der Waals surface area contributed by atoms with Crippen molar-refractivity contribution in [1.29, 1.82) is 0 Å². The van der Waals surface area contributed by atoms with Crippen LogP contribution in [0, 0.1) is 5.82 Å². The van der Waals surface area contributed by atoms with E-state index >= 15 is 0 Å². The smallest absolute Gasteiger partial charge is 0.290 e. The van der Waals surface area contributed by atoms with Gasteiger partial charge in [-0.05, 0) is 23.9 Å². The maximum atomic E-state index is 13.8. The van der Waals surface area contributed by atoms with Gasteiger partial charge in [-0.2, -0.15) is 13.9 Å². The topological polar surface area (TPSA) is 38.0 Å². The van der Waals surface area contributed by atoms with Crippen LogP contribution in [0.2, 0.25) is 10.0 Å². The van der Waals surface area contributed by atoms with Crippen molar-refractivity contribution >= 4 is 35.0 Å². The van der Waals surface area contributed by atoms with E-state index < -0.39 is 11.6 Å². The zero-order chi connectivity index (χ0) is 15.0. The molecule has 2 aromatic rings. The van der Waals surface area contributed by atoms with Gasteiger partial charge in [0.2, 0.25) is 0 Å². The first-order valence-electron chi connectivity index (χ1n) is 5.17. The second-order valence-electron chi connectivity index (χ2n) is 3.75. The molecule has 1 N–H and O–H groups in total. The average molecular weight is 343 g/mol. The molecule has 20 heavy (non-hydrogen) atoms. The minimum Gasteiger partial charge on any atom is -0.506 e. The molecule has 0 fully saturated rings. The van der Waals surface area contributed by atoms with Crippen molar-refractivity contribution in [2.45, 2.75) is 10.8 Å². The number of hydrogen-bond donors (Lipinski definition) is 1. The lowest BCUT2D eigenvalue weighted by Crippen LogP contribution is -1.94. The molecule has 1 heterocycles. The van der Waals surface area contributed by atoms with Crippen molar-refractivity contribution in [3.05, 3.63) is 28.0 Å². The van der Waals surface area contributed by atoms with Crippen molar-refractivity contribution in [2.24, 2.45) is 7.05 Å². The minimum atomic E-state index is -2.68. The fraction of sp³-hybridized carbons (Fsp3) is 0.182. The number of benzene rings is 1. The van der Waals surface area contributed by atoms with Crippen molar-refractivity contribution < 1.29 is 18.3 Å². The molecule has 0 saturated carbocycles. The van der Waals surface area contributed by atoms with Crippen LogP contribution in [0.1, 0.15) is 0 Å². The number of nitrogens with zero attached hydrogens (tertiary/aromatic N) is 2. The Labute approximate surface area is 126 Å². The third-order valence-electron chi connectivity index (χ3n) is 2.43. The van der Waals surface area contributed by atoms with Gasteiger partial charge in [-0.25, -0.2) is 4.39 Å². The number of aromatic hydroxyl groups is 1. The summed E-state index contributed by atoms with van der Waals surface area (Å²) in [7, 11) is 1.41. The highest BCUT2D eigenvalue weighted by atomic mass is 35.5. The molecular weight excluding hydrogens is 336 g/mol.